The second-order valence-electron chi connectivity index (χ2n) is 4.25. The van der Waals surface area contributed by atoms with Crippen molar-refractivity contribution < 1.29 is 4.74 Å². The summed E-state index contributed by atoms with van der Waals surface area (Å²) >= 11 is 5.82. The topological polar surface area (TPSA) is 50.8 Å². The molecule has 4 nitrogen and oxygen atoms in total. The molecule has 0 bridgehead atoms. The second kappa shape index (κ2) is 4.90. The Hall–Kier alpha value is -2.07. The summed E-state index contributed by atoms with van der Waals surface area (Å²) < 4.78 is 5.64. The lowest BCUT2D eigenvalue weighted by Crippen LogP contribution is -1.97. The molecule has 3 rings (SSSR count). The van der Waals surface area contributed by atoms with Crippen LogP contribution in [0.3, 0.4) is 0 Å². The summed E-state index contributed by atoms with van der Waals surface area (Å²) in [6.07, 6.45) is 1.75. The van der Waals surface area contributed by atoms with Crippen LogP contribution in [0.4, 0.5) is 0 Å². The number of nitrogens with one attached hydrogen (secondary N) is 1. The first kappa shape index (κ1) is 12.0. The molecule has 0 saturated carbocycles. The number of fused-ring (bicyclic) bond motifs is 1. The quantitative estimate of drug-likeness (QED) is 0.795. The van der Waals surface area contributed by atoms with E-state index in [1.807, 2.05) is 25.1 Å². The largest absolute Gasteiger partial charge is 0.486 e. The molecule has 0 fully saturated rings. The Bertz CT molecular complexity index is 706. The molecule has 2 heterocycles. The summed E-state index contributed by atoms with van der Waals surface area (Å²) in [4.78, 5) is 11.8. The number of rotatable bonds is 3. The monoisotopic (exact) mass is 273 g/mol. The summed E-state index contributed by atoms with van der Waals surface area (Å²) in [5.41, 5.74) is 2.79. The molecule has 2 aromatic heterocycles. The highest BCUT2D eigenvalue weighted by Crippen LogP contribution is 2.17. The first-order valence-corrected chi connectivity index (χ1v) is 6.29. The van der Waals surface area contributed by atoms with Crippen LogP contribution in [0.5, 0.6) is 5.75 Å². The molecule has 96 valence electrons. The van der Waals surface area contributed by atoms with E-state index in [1.165, 1.54) is 0 Å². The van der Waals surface area contributed by atoms with Crippen LogP contribution < -0.4 is 4.74 Å². The number of H-pyrrole nitrogens is 1. The SMILES string of the molecule is Cc1ccnc2nc(COc3ccc(Cl)cc3)[nH]c12. The number of aromatic nitrogens is 3. The van der Waals surface area contributed by atoms with Gasteiger partial charge in [-0.2, -0.15) is 0 Å². The van der Waals surface area contributed by atoms with Gasteiger partial charge in [-0.25, -0.2) is 9.97 Å². The van der Waals surface area contributed by atoms with Crippen molar-refractivity contribution in [1.82, 2.24) is 15.0 Å². The number of aromatic amines is 1. The van der Waals surface area contributed by atoms with Crippen LogP contribution in [0.2, 0.25) is 5.02 Å². The molecule has 0 aliphatic heterocycles. The van der Waals surface area contributed by atoms with Gasteiger partial charge in [0.1, 0.15) is 18.2 Å². The van der Waals surface area contributed by atoms with Gasteiger partial charge in [0.15, 0.2) is 5.65 Å². The fourth-order valence-electron chi connectivity index (χ4n) is 1.83. The number of halogens is 1. The van der Waals surface area contributed by atoms with Crippen LogP contribution in [-0.2, 0) is 6.61 Å². The lowest BCUT2D eigenvalue weighted by molar-refractivity contribution is 0.297. The zero-order valence-electron chi connectivity index (χ0n) is 10.4. The maximum absolute atomic E-state index is 5.82. The van der Waals surface area contributed by atoms with Crippen molar-refractivity contribution >= 4 is 22.8 Å². The van der Waals surface area contributed by atoms with Gasteiger partial charge in [0.05, 0.1) is 5.52 Å². The van der Waals surface area contributed by atoms with Gasteiger partial charge in [-0.15, -0.1) is 0 Å². The molecule has 0 spiro atoms. The van der Waals surface area contributed by atoms with Gasteiger partial charge in [-0.3, -0.25) is 0 Å². The van der Waals surface area contributed by atoms with E-state index in [1.54, 1.807) is 18.3 Å². The van der Waals surface area contributed by atoms with Crippen LogP contribution in [0.1, 0.15) is 11.4 Å². The Morgan fingerprint density at radius 3 is 2.74 bits per heavy atom. The summed E-state index contributed by atoms with van der Waals surface area (Å²) in [7, 11) is 0. The van der Waals surface area contributed by atoms with E-state index >= 15 is 0 Å². The third kappa shape index (κ3) is 2.53. The fraction of sp³-hybridized carbons (Fsp3) is 0.143. The van der Waals surface area contributed by atoms with Gasteiger partial charge in [-0.1, -0.05) is 11.6 Å². The third-order valence-corrected chi connectivity index (χ3v) is 3.09. The maximum atomic E-state index is 5.82. The lowest BCUT2D eigenvalue weighted by Gasteiger charge is -2.03. The molecule has 1 N–H and O–H groups in total. The molecule has 0 atom stereocenters. The number of benzene rings is 1. The highest BCUT2D eigenvalue weighted by atomic mass is 35.5. The van der Waals surface area contributed by atoms with Crippen molar-refractivity contribution in [1.29, 1.82) is 0 Å². The normalized spacial score (nSPS) is 10.8. The smallest absolute Gasteiger partial charge is 0.178 e. The zero-order valence-corrected chi connectivity index (χ0v) is 11.1. The summed E-state index contributed by atoms with van der Waals surface area (Å²) in [6.45, 7) is 2.39. The van der Waals surface area contributed by atoms with Crippen LogP contribution in [0.15, 0.2) is 36.5 Å². The van der Waals surface area contributed by atoms with Crippen LogP contribution in [0, 0.1) is 6.92 Å². The average molecular weight is 274 g/mol. The Morgan fingerprint density at radius 2 is 2.00 bits per heavy atom. The molecule has 5 heteroatoms. The Balaban J connectivity index is 1.78. The minimum atomic E-state index is 0.372. The van der Waals surface area contributed by atoms with Gasteiger partial charge in [-0.05, 0) is 42.8 Å². The van der Waals surface area contributed by atoms with E-state index < -0.39 is 0 Å². The van der Waals surface area contributed by atoms with Gasteiger partial charge >= 0.3 is 0 Å². The number of ether oxygens (including phenoxy) is 1. The van der Waals surface area contributed by atoms with Gasteiger partial charge in [0, 0.05) is 11.2 Å². The molecule has 0 saturated heterocycles. The van der Waals surface area contributed by atoms with Gasteiger partial charge in [0.25, 0.3) is 0 Å². The molecule has 0 unspecified atom stereocenters. The molecule has 0 radical (unpaired) electrons. The Kier molecular flexibility index (Phi) is 3.09. The summed E-state index contributed by atoms with van der Waals surface area (Å²) in [5, 5.41) is 0.691. The molecule has 1 aromatic carbocycles. The summed E-state index contributed by atoms with van der Waals surface area (Å²) in [6, 6.07) is 9.19. The molecular weight excluding hydrogens is 262 g/mol. The first-order chi connectivity index (χ1) is 9.22. The zero-order chi connectivity index (χ0) is 13.2. The van der Waals surface area contributed by atoms with Crippen molar-refractivity contribution in [3.05, 3.63) is 52.9 Å². The van der Waals surface area contributed by atoms with E-state index in [0.717, 1.165) is 28.3 Å². The first-order valence-electron chi connectivity index (χ1n) is 5.91. The fourth-order valence-corrected chi connectivity index (χ4v) is 1.96. The predicted molar refractivity (Wildman–Crippen MR) is 74.4 cm³/mol. The van der Waals surface area contributed by atoms with Crippen molar-refractivity contribution in [3.63, 3.8) is 0 Å². The standard InChI is InChI=1S/C14H12ClN3O/c1-9-6-7-16-14-13(9)17-12(18-14)8-19-11-4-2-10(15)3-5-11/h2-7H,8H2,1H3,(H,16,17,18). The summed E-state index contributed by atoms with van der Waals surface area (Å²) in [5.74, 6) is 1.52. The van der Waals surface area contributed by atoms with E-state index in [4.69, 9.17) is 16.3 Å². The van der Waals surface area contributed by atoms with Gasteiger partial charge in [0.2, 0.25) is 0 Å². The minimum Gasteiger partial charge on any atom is -0.486 e. The molecular formula is C14H12ClN3O. The van der Waals surface area contributed by atoms with Crippen LogP contribution >= 0.6 is 11.6 Å². The Labute approximate surface area is 115 Å². The van der Waals surface area contributed by atoms with Crippen molar-refractivity contribution in [3.8, 4) is 5.75 Å². The van der Waals surface area contributed by atoms with Crippen LogP contribution in [-0.4, -0.2) is 15.0 Å². The lowest BCUT2D eigenvalue weighted by atomic mass is 10.3. The van der Waals surface area contributed by atoms with E-state index in [0.29, 0.717) is 11.6 Å². The number of aryl methyl sites for hydroxylation is 1. The number of hydrogen-bond donors (Lipinski definition) is 1. The average Bonchev–Trinajstić information content (AvgIpc) is 2.83. The van der Waals surface area contributed by atoms with Crippen molar-refractivity contribution in [2.45, 2.75) is 13.5 Å². The van der Waals surface area contributed by atoms with E-state index in [-0.39, 0.29) is 0 Å². The number of hydrogen-bond acceptors (Lipinski definition) is 3. The van der Waals surface area contributed by atoms with Gasteiger partial charge < -0.3 is 9.72 Å². The Morgan fingerprint density at radius 1 is 1.21 bits per heavy atom. The van der Waals surface area contributed by atoms with Crippen molar-refractivity contribution in [2.75, 3.05) is 0 Å². The molecule has 0 aliphatic carbocycles. The number of imidazole rings is 1. The van der Waals surface area contributed by atoms with Crippen molar-refractivity contribution in [2.24, 2.45) is 0 Å². The number of pyridine rings is 1. The molecule has 0 aliphatic rings. The molecule has 3 aromatic rings. The van der Waals surface area contributed by atoms with E-state index in [2.05, 4.69) is 15.0 Å². The highest BCUT2D eigenvalue weighted by molar-refractivity contribution is 6.30. The number of nitrogens with zero attached hydrogens (tertiary/aromatic N) is 2. The predicted octanol–water partition coefficient (Wildman–Crippen LogP) is 3.50. The van der Waals surface area contributed by atoms with E-state index in [9.17, 15) is 0 Å². The molecule has 19 heavy (non-hydrogen) atoms. The minimum absolute atomic E-state index is 0.372. The van der Waals surface area contributed by atoms with Crippen LogP contribution in [0.25, 0.3) is 11.2 Å². The maximum Gasteiger partial charge on any atom is 0.178 e. The second-order valence-corrected chi connectivity index (χ2v) is 4.69. The highest BCUT2D eigenvalue weighted by Gasteiger charge is 2.06. The molecule has 0 amide bonds. The third-order valence-electron chi connectivity index (χ3n) is 2.84.